The summed E-state index contributed by atoms with van der Waals surface area (Å²) in [5.74, 6) is 0.716. The molecule has 8 nitrogen and oxygen atoms in total. The molecular formula is C12H19N7O. The third-order valence-electron chi connectivity index (χ3n) is 3.00. The van der Waals surface area contributed by atoms with Crippen LogP contribution >= 0.6 is 0 Å². The SMILES string of the molecule is C[C@H](NC(=O)N(C)Cc1cnn(C)c1)c1nncn1C. The van der Waals surface area contributed by atoms with E-state index >= 15 is 0 Å². The molecule has 1 N–H and O–H groups in total. The second-order valence-corrected chi connectivity index (χ2v) is 4.85. The Bertz CT molecular complexity index is 588. The fourth-order valence-electron chi connectivity index (χ4n) is 1.94. The molecule has 0 aliphatic rings. The van der Waals surface area contributed by atoms with E-state index in [1.807, 2.05) is 27.2 Å². The molecule has 0 bridgehead atoms. The first kappa shape index (κ1) is 14.0. The van der Waals surface area contributed by atoms with Crippen molar-refractivity contribution in [3.8, 4) is 0 Å². The van der Waals surface area contributed by atoms with Crippen LogP contribution < -0.4 is 5.32 Å². The smallest absolute Gasteiger partial charge is 0.318 e. The molecule has 0 aromatic carbocycles. The largest absolute Gasteiger partial charge is 0.328 e. The number of carbonyl (C=O) groups is 1. The van der Waals surface area contributed by atoms with E-state index in [0.29, 0.717) is 12.4 Å². The van der Waals surface area contributed by atoms with Crippen molar-refractivity contribution in [1.82, 2.24) is 34.8 Å². The topological polar surface area (TPSA) is 80.9 Å². The van der Waals surface area contributed by atoms with Crippen LogP contribution in [0.1, 0.15) is 24.4 Å². The lowest BCUT2D eigenvalue weighted by molar-refractivity contribution is 0.203. The van der Waals surface area contributed by atoms with Gasteiger partial charge in [-0.25, -0.2) is 4.79 Å². The minimum atomic E-state index is -0.202. The number of aromatic nitrogens is 5. The van der Waals surface area contributed by atoms with Gasteiger partial charge in [0.2, 0.25) is 0 Å². The molecule has 2 aromatic heterocycles. The summed E-state index contributed by atoms with van der Waals surface area (Å²) in [6.45, 7) is 2.38. The second kappa shape index (κ2) is 5.72. The number of nitrogens with zero attached hydrogens (tertiary/aromatic N) is 6. The molecule has 0 aliphatic carbocycles. The zero-order chi connectivity index (χ0) is 14.7. The van der Waals surface area contributed by atoms with E-state index in [2.05, 4.69) is 20.6 Å². The van der Waals surface area contributed by atoms with Crippen LogP contribution in [-0.2, 0) is 20.6 Å². The number of amides is 2. The number of hydrogen-bond donors (Lipinski definition) is 1. The van der Waals surface area contributed by atoms with Crippen LogP contribution in [0.5, 0.6) is 0 Å². The van der Waals surface area contributed by atoms with Crippen molar-refractivity contribution in [2.24, 2.45) is 14.1 Å². The molecule has 0 saturated heterocycles. The lowest BCUT2D eigenvalue weighted by Gasteiger charge is -2.20. The summed E-state index contributed by atoms with van der Waals surface area (Å²) >= 11 is 0. The molecule has 0 spiro atoms. The molecule has 8 heteroatoms. The Hall–Kier alpha value is -2.38. The van der Waals surface area contributed by atoms with Crippen LogP contribution in [-0.4, -0.2) is 42.5 Å². The second-order valence-electron chi connectivity index (χ2n) is 4.85. The van der Waals surface area contributed by atoms with Gasteiger partial charge < -0.3 is 14.8 Å². The van der Waals surface area contributed by atoms with E-state index in [1.54, 1.807) is 33.7 Å². The van der Waals surface area contributed by atoms with Gasteiger partial charge in [0.25, 0.3) is 0 Å². The van der Waals surface area contributed by atoms with Gasteiger partial charge in [0, 0.05) is 32.9 Å². The van der Waals surface area contributed by atoms with Crippen LogP contribution in [0.2, 0.25) is 0 Å². The van der Waals surface area contributed by atoms with Crippen molar-refractivity contribution in [2.75, 3.05) is 7.05 Å². The van der Waals surface area contributed by atoms with Crippen LogP contribution in [0.15, 0.2) is 18.7 Å². The van der Waals surface area contributed by atoms with Gasteiger partial charge in [0.05, 0.1) is 18.8 Å². The van der Waals surface area contributed by atoms with E-state index in [0.717, 1.165) is 5.56 Å². The van der Waals surface area contributed by atoms with Crippen molar-refractivity contribution in [2.45, 2.75) is 19.5 Å². The Balaban J connectivity index is 1.92. The van der Waals surface area contributed by atoms with Crippen LogP contribution in [0.3, 0.4) is 0 Å². The lowest BCUT2D eigenvalue weighted by Crippen LogP contribution is -2.38. The number of aryl methyl sites for hydroxylation is 2. The summed E-state index contributed by atoms with van der Waals surface area (Å²) in [6, 6.07) is -0.365. The number of hydrogen-bond acceptors (Lipinski definition) is 4. The molecule has 0 radical (unpaired) electrons. The molecule has 0 fully saturated rings. The standard InChI is InChI=1S/C12H19N7O/c1-9(11-16-13-8-18(11)3)15-12(20)17(2)6-10-5-14-19(4)7-10/h5,7-9H,6H2,1-4H3,(H,15,20)/t9-/m0/s1. The molecule has 20 heavy (non-hydrogen) atoms. The summed E-state index contributed by atoms with van der Waals surface area (Å²) in [5, 5.41) is 14.7. The van der Waals surface area contributed by atoms with Crippen molar-refractivity contribution in [3.63, 3.8) is 0 Å². The van der Waals surface area contributed by atoms with Gasteiger partial charge in [0.15, 0.2) is 5.82 Å². The highest BCUT2D eigenvalue weighted by atomic mass is 16.2. The summed E-state index contributed by atoms with van der Waals surface area (Å²) in [6.07, 6.45) is 5.24. The third-order valence-corrected chi connectivity index (χ3v) is 3.00. The Morgan fingerprint density at radius 3 is 2.80 bits per heavy atom. The molecule has 108 valence electrons. The zero-order valence-corrected chi connectivity index (χ0v) is 12.1. The average Bonchev–Trinajstić information content (AvgIpc) is 2.98. The molecular weight excluding hydrogens is 258 g/mol. The molecule has 0 unspecified atom stereocenters. The Morgan fingerprint density at radius 2 is 2.25 bits per heavy atom. The maximum atomic E-state index is 12.1. The van der Waals surface area contributed by atoms with Gasteiger partial charge in [-0.1, -0.05) is 0 Å². The molecule has 2 amide bonds. The van der Waals surface area contributed by atoms with Gasteiger partial charge in [-0.2, -0.15) is 5.10 Å². The van der Waals surface area contributed by atoms with E-state index in [-0.39, 0.29) is 12.1 Å². The van der Waals surface area contributed by atoms with Gasteiger partial charge in [-0.05, 0) is 6.92 Å². The summed E-state index contributed by atoms with van der Waals surface area (Å²) in [4.78, 5) is 13.7. The monoisotopic (exact) mass is 277 g/mol. The number of rotatable bonds is 4. The minimum Gasteiger partial charge on any atom is -0.328 e. The predicted octanol–water partition coefficient (Wildman–Crippen LogP) is 0.451. The Morgan fingerprint density at radius 1 is 1.50 bits per heavy atom. The van der Waals surface area contributed by atoms with Gasteiger partial charge >= 0.3 is 6.03 Å². The minimum absolute atomic E-state index is 0.163. The van der Waals surface area contributed by atoms with Crippen molar-refractivity contribution >= 4 is 6.03 Å². The molecule has 0 aliphatic heterocycles. The Kier molecular flexibility index (Phi) is 4.02. The number of carbonyl (C=O) groups excluding carboxylic acids is 1. The van der Waals surface area contributed by atoms with Crippen molar-refractivity contribution in [3.05, 3.63) is 30.1 Å². The van der Waals surface area contributed by atoms with Crippen LogP contribution in [0.4, 0.5) is 4.79 Å². The number of nitrogens with one attached hydrogen (secondary N) is 1. The van der Waals surface area contributed by atoms with Gasteiger partial charge in [-0.15, -0.1) is 10.2 Å². The van der Waals surface area contributed by atoms with Crippen LogP contribution in [0.25, 0.3) is 0 Å². The van der Waals surface area contributed by atoms with Crippen molar-refractivity contribution in [1.29, 1.82) is 0 Å². The Labute approximate surface area is 117 Å². The van der Waals surface area contributed by atoms with Gasteiger partial charge in [0.1, 0.15) is 6.33 Å². The maximum Gasteiger partial charge on any atom is 0.318 e. The molecule has 2 aromatic rings. The zero-order valence-electron chi connectivity index (χ0n) is 12.1. The van der Waals surface area contributed by atoms with E-state index < -0.39 is 0 Å². The van der Waals surface area contributed by atoms with Gasteiger partial charge in [-0.3, -0.25) is 4.68 Å². The normalized spacial score (nSPS) is 12.2. The summed E-state index contributed by atoms with van der Waals surface area (Å²) in [5.41, 5.74) is 0.983. The van der Waals surface area contributed by atoms with Crippen LogP contribution in [0, 0.1) is 0 Å². The number of urea groups is 1. The lowest BCUT2D eigenvalue weighted by atomic mass is 10.3. The first-order valence-corrected chi connectivity index (χ1v) is 6.30. The van der Waals surface area contributed by atoms with E-state index in [1.165, 1.54) is 0 Å². The summed E-state index contributed by atoms with van der Waals surface area (Å²) in [7, 11) is 5.43. The van der Waals surface area contributed by atoms with E-state index in [9.17, 15) is 4.79 Å². The summed E-state index contributed by atoms with van der Waals surface area (Å²) < 4.78 is 3.50. The first-order valence-electron chi connectivity index (χ1n) is 6.30. The van der Waals surface area contributed by atoms with E-state index in [4.69, 9.17) is 0 Å². The molecule has 0 saturated carbocycles. The first-order chi connectivity index (χ1) is 9.47. The molecule has 1 atom stereocenters. The highest BCUT2D eigenvalue weighted by Crippen LogP contribution is 2.08. The third kappa shape index (κ3) is 3.14. The average molecular weight is 277 g/mol. The quantitative estimate of drug-likeness (QED) is 0.880. The fourth-order valence-corrected chi connectivity index (χ4v) is 1.94. The molecule has 2 rings (SSSR count). The fraction of sp³-hybridized carbons (Fsp3) is 0.500. The predicted molar refractivity (Wildman–Crippen MR) is 72.6 cm³/mol. The highest BCUT2D eigenvalue weighted by Gasteiger charge is 2.17. The molecule has 2 heterocycles. The maximum absolute atomic E-state index is 12.1. The highest BCUT2D eigenvalue weighted by molar-refractivity contribution is 5.74. The van der Waals surface area contributed by atoms with Crippen molar-refractivity contribution < 1.29 is 4.79 Å².